The Morgan fingerprint density at radius 2 is 2.11 bits per heavy atom. The van der Waals surface area contributed by atoms with Crippen molar-refractivity contribution in [3.63, 3.8) is 0 Å². The van der Waals surface area contributed by atoms with E-state index in [4.69, 9.17) is 14.6 Å². The van der Waals surface area contributed by atoms with Crippen molar-refractivity contribution in [1.29, 1.82) is 0 Å². The number of halogens is 1. The molecule has 1 aromatic rings. The zero-order valence-corrected chi connectivity index (χ0v) is 10.8. The molecule has 1 rings (SSSR count). The van der Waals surface area contributed by atoms with E-state index in [9.17, 15) is 9.18 Å². The molecule has 0 fully saturated rings. The Bertz CT molecular complexity index is 443. The molecule has 0 saturated carbocycles. The molecule has 0 aliphatic heterocycles. The zero-order valence-electron chi connectivity index (χ0n) is 10.8. The molecule has 0 spiro atoms. The van der Waals surface area contributed by atoms with Crippen LogP contribution in [0.1, 0.15) is 18.4 Å². The molecule has 4 nitrogen and oxygen atoms in total. The highest BCUT2D eigenvalue weighted by atomic mass is 19.1. The lowest BCUT2D eigenvalue weighted by molar-refractivity contribution is -0.131. The first-order valence-corrected chi connectivity index (χ1v) is 5.96. The Morgan fingerprint density at radius 1 is 1.37 bits per heavy atom. The third kappa shape index (κ3) is 6.01. The van der Waals surface area contributed by atoms with E-state index in [-0.39, 0.29) is 0 Å². The average molecular weight is 268 g/mol. The lowest BCUT2D eigenvalue weighted by Gasteiger charge is -2.09. The normalized spacial score (nSPS) is 10.8. The molecule has 0 unspecified atom stereocenters. The van der Waals surface area contributed by atoms with E-state index in [0.29, 0.717) is 24.5 Å². The summed E-state index contributed by atoms with van der Waals surface area (Å²) in [6.45, 7) is 1.14. The molecule has 0 aromatic heterocycles. The molecule has 0 aliphatic rings. The Kier molecular flexibility index (Phi) is 6.60. The van der Waals surface area contributed by atoms with Gasteiger partial charge in [0.1, 0.15) is 11.6 Å². The van der Waals surface area contributed by atoms with Crippen molar-refractivity contribution in [2.24, 2.45) is 0 Å². The average Bonchev–Trinajstić information content (AvgIpc) is 2.38. The molecule has 0 aliphatic carbocycles. The summed E-state index contributed by atoms with van der Waals surface area (Å²) in [4.78, 5) is 10.5. The van der Waals surface area contributed by atoms with Crippen LogP contribution in [0.4, 0.5) is 4.39 Å². The predicted octanol–water partition coefficient (Wildman–Crippen LogP) is 2.73. The fraction of sp³-hybridized carbons (Fsp3) is 0.357. The minimum Gasteiger partial charge on any atom is -0.493 e. The molecule has 0 heterocycles. The van der Waals surface area contributed by atoms with E-state index in [0.717, 1.165) is 18.9 Å². The summed E-state index contributed by atoms with van der Waals surface area (Å²) < 4.78 is 23.5. The van der Waals surface area contributed by atoms with Crippen LogP contribution in [0.3, 0.4) is 0 Å². The highest BCUT2D eigenvalue weighted by Crippen LogP contribution is 2.21. The molecule has 0 amide bonds. The van der Waals surface area contributed by atoms with Gasteiger partial charge in [0.25, 0.3) is 0 Å². The SMILES string of the molecule is COCCCCOc1ccc(F)cc1/C=C/C(=O)O. The van der Waals surface area contributed by atoms with E-state index in [1.807, 2.05) is 0 Å². The Morgan fingerprint density at radius 3 is 2.79 bits per heavy atom. The maximum absolute atomic E-state index is 13.1. The fourth-order valence-corrected chi connectivity index (χ4v) is 1.47. The lowest BCUT2D eigenvalue weighted by Crippen LogP contribution is -2.01. The molecule has 19 heavy (non-hydrogen) atoms. The van der Waals surface area contributed by atoms with E-state index in [2.05, 4.69) is 0 Å². The maximum atomic E-state index is 13.1. The maximum Gasteiger partial charge on any atom is 0.328 e. The molecule has 0 bridgehead atoms. The van der Waals surface area contributed by atoms with Crippen molar-refractivity contribution in [2.45, 2.75) is 12.8 Å². The van der Waals surface area contributed by atoms with E-state index in [1.54, 1.807) is 7.11 Å². The van der Waals surface area contributed by atoms with Gasteiger partial charge in [0.2, 0.25) is 0 Å². The van der Waals surface area contributed by atoms with Gasteiger partial charge >= 0.3 is 5.97 Å². The summed E-state index contributed by atoms with van der Waals surface area (Å²) in [5.41, 5.74) is 0.411. The highest BCUT2D eigenvalue weighted by Gasteiger charge is 2.03. The molecular formula is C14H17FO4. The first-order chi connectivity index (χ1) is 9.13. The van der Waals surface area contributed by atoms with E-state index < -0.39 is 11.8 Å². The van der Waals surface area contributed by atoms with Crippen molar-refractivity contribution >= 4 is 12.0 Å². The number of aliphatic carboxylic acids is 1. The van der Waals surface area contributed by atoms with Crippen LogP contribution in [0.15, 0.2) is 24.3 Å². The first-order valence-electron chi connectivity index (χ1n) is 5.96. The summed E-state index contributed by atoms with van der Waals surface area (Å²) in [5, 5.41) is 8.57. The molecule has 0 saturated heterocycles. The fourth-order valence-electron chi connectivity index (χ4n) is 1.47. The van der Waals surface area contributed by atoms with Crippen LogP contribution in [-0.2, 0) is 9.53 Å². The zero-order chi connectivity index (χ0) is 14.1. The minimum atomic E-state index is -1.09. The van der Waals surface area contributed by atoms with Crippen LogP contribution in [0.2, 0.25) is 0 Å². The van der Waals surface area contributed by atoms with Crippen LogP contribution in [0.5, 0.6) is 5.75 Å². The predicted molar refractivity (Wildman–Crippen MR) is 69.7 cm³/mol. The van der Waals surface area contributed by atoms with Crippen LogP contribution in [0.25, 0.3) is 6.08 Å². The number of hydrogen-bond donors (Lipinski definition) is 1. The molecule has 0 radical (unpaired) electrons. The minimum absolute atomic E-state index is 0.411. The highest BCUT2D eigenvalue weighted by molar-refractivity contribution is 5.85. The number of carbonyl (C=O) groups is 1. The van der Waals surface area contributed by atoms with Crippen molar-refractivity contribution in [3.8, 4) is 5.75 Å². The van der Waals surface area contributed by atoms with Gasteiger partial charge in [-0.2, -0.15) is 0 Å². The number of hydrogen-bond acceptors (Lipinski definition) is 3. The molecule has 0 atom stereocenters. The molecule has 104 valence electrons. The van der Waals surface area contributed by atoms with E-state index in [1.165, 1.54) is 24.3 Å². The van der Waals surface area contributed by atoms with Crippen LogP contribution < -0.4 is 4.74 Å². The largest absolute Gasteiger partial charge is 0.493 e. The summed E-state index contributed by atoms with van der Waals surface area (Å²) in [6.07, 6.45) is 3.95. The van der Waals surface area contributed by atoms with Gasteiger partial charge < -0.3 is 14.6 Å². The molecular weight excluding hydrogens is 251 g/mol. The first kappa shape index (κ1) is 15.2. The third-order valence-electron chi connectivity index (χ3n) is 2.38. The van der Waals surface area contributed by atoms with Gasteiger partial charge in [-0.1, -0.05) is 0 Å². The van der Waals surface area contributed by atoms with Gasteiger partial charge in [0.05, 0.1) is 6.61 Å². The molecule has 5 heteroatoms. The standard InChI is InChI=1S/C14H17FO4/c1-18-8-2-3-9-19-13-6-5-12(15)10-11(13)4-7-14(16)17/h4-7,10H,2-3,8-9H2,1H3,(H,16,17)/b7-4+. The Hall–Kier alpha value is -1.88. The monoisotopic (exact) mass is 268 g/mol. The van der Waals surface area contributed by atoms with Crippen molar-refractivity contribution < 1.29 is 23.8 Å². The van der Waals surface area contributed by atoms with Gasteiger partial charge in [0, 0.05) is 25.4 Å². The number of rotatable bonds is 8. The van der Waals surface area contributed by atoms with Crippen LogP contribution in [0, 0.1) is 5.82 Å². The van der Waals surface area contributed by atoms with E-state index >= 15 is 0 Å². The van der Waals surface area contributed by atoms with Crippen molar-refractivity contribution in [2.75, 3.05) is 20.3 Å². The second-order valence-corrected chi connectivity index (χ2v) is 3.90. The molecule has 1 aromatic carbocycles. The summed E-state index contributed by atoms with van der Waals surface area (Å²) in [6, 6.07) is 4.01. The van der Waals surface area contributed by atoms with Crippen molar-refractivity contribution in [1.82, 2.24) is 0 Å². The second kappa shape index (κ2) is 8.26. The number of unbranched alkanes of at least 4 members (excludes halogenated alkanes) is 1. The number of benzene rings is 1. The van der Waals surface area contributed by atoms with Crippen LogP contribution >= 0.6 is 0 Å². The number of methoxy groups -OCH3 is 1. The van der Waals surface area contributed by atoms with Crippen LogP contribution in [-0.4, -0.2) is 31.4 Å². The van der Waals surface area contributed by atoms with Crippen molar-refractivity contribution in [3.05, 3.63) is 35.7 Å². The summed E-state index contributed by atoms with van der Waals surface area (Å²) in [7, 11) is 1.63. The van der Waals surface area contributed by atoms with Gasteiger partial charge in [0.15, 0.2) is 0 Å². The number of ether oxygens (including phenoxy) is 2. The van der Waals surface area contributed by atoms with Gasteiger partial charge in [-0.3, -0.25) is 0 Å². The number of carboxylic acid groups (broad SMARTS) is 1. The summed E-state index contributed by atoms with van der Waals surface area (Å²) >= 11 is 0. The van der Waals surface area contributed by atoms with Gasteiger partial charge in [-0.05, 0) is 37.1 Å². The second-order valence-electron chi connectivity index (χ2n) is 3.90. The lowest BCUT2D eigenvalue weighted by atomic mass is 10.2. The molecule has 1 N–H and O–H groups in total. The Labute approximate surface area is 111 Å². The quantitative estimate of drug-likeness (QED) is 0.582. The van der Waals surface area contributed by atoms with Gasteiger partial charge in [-0.25, -0.2) is 9.18 Å². The van der Waals surface area contributed by atoms with Gasteiger partial charge in [-0.15, -0.1) is 0 Å². The number of carboxylic acids is 1. The smallest absolute Gasteiger partial charge is 0.328 e. The third-order valence-corrected chi connectivity index (χ3v) is 2.38. The topological polar surface area (TPSA) is 55.8 Å². The Balaban J connectivity index is 2.63. The summed E-state index contributed by atoms with van der Waals surface area (Å²) in [5.74, 6) is -1.05.